The van der Waals surface area contributed by atoms with Gasteiger partial charge in [0.05, 0.1) is 4.92 Å². The summed E-state index contributed by atoms with van der Waals surface area (Å²) in [6.07, 6.45) is 7.21. The largest absolute Gasteiger partial charge is 0.352 e. The third-order valence-electron chi connectivity index (χ3n) is 3.96. The smallest absolute Gasteiger partial charge is 0.300 e. The number of hydrogen-bond donors (Lipinski definition) is 1. The van der Waals surface area contributed by atoms with Gasteiger partial charge < -0.3 is 5.32 Å². The maximum atomic E-state index is 12.0. The predicted octanol–water partition coefficient (Wildman–Crippen LogP) is 3.95. The maximum Gasteiger partial charge on any atom is 0.300 e. The SMILES string of the molecule is O=C(NCCCC1CCCC1)c1cccc(Cl)c1[N+](=O)[O-]. The van der Waals surface area contributed by atoms with Crippen molar-refractivity contribution in [3.63, 3.8) is 0 Å². The minimum Gasteiger partial charge on any atom is -0.352 e. The molecular weight excluding hydrogens is 292 g/mol. The van der Waals surface area contributed by atoms with E-state index in [9.17, 15) is 14.9 Å². The summed E-state index contributed by atoms with van der Waals surface area (Å²) < 4.78 is 0. The molecular formula is C15H19ClN2O3. The molecule has 1 aromatic rings. The second-order valence-corrected chi connectivity index (χ2v) is 5.85. The molecule has 1 aliphatic carbocycles. The number of halogens is 1. The number of carbonyl (C=O) groups excluding carboxylic acids is 1. The standard InChI is InChI=1S/C15H19ClN2O3/c16-13-9-3-8-12(14(13)18(20)21)15(19)17-10-4-7-11-5-1-2-6-11/h3,8-9,11H,1-2,4-7,10H2,(H,17,19). The van der Waals surface area contributed by atoms with Crippen LogP contribution >= 0.6 is 11.6 Å². The highest BCUT2D eigenvalue weighted by molar-refractivity contribution is 6.33. The van der Waals surface area contributed by atoms with Crippen molar-refractivity contribution in [3.8, 4) is 0 Å². The van der Waals surface area contributed by atoms with E-state index in [1.165, 1.54) is 37.8 Å². The lowest BCUT2D eigenvalue weighted by atomic mass is 10.0. The van der Waals surface area contributed by atoms with Crippen LogP contribution in [0.3, 0.4) is 0 Å². The highest BCUT2D eigenvalue weighted by Crippen LogP contribution is 2.29. The molecule has 1 aliphatic rings. The summed E-state index contributed by atoms with van der Waals surface area (Å²) in [5, 5.41) is 13.7. The molecule has 0 spiro atoms. The zero-order valence-electron chi connectivity index (χ0n) is 11.8. The molecule has 1 fully saturated rings. The number of para-hydroxylation sites is 1. The lowest BCUT2D eigenvalue weighted by Crippen LogP contribution is -2.25. The van der Waals surface area contributed by atoms with E-state index in [4.69, 9.17) is 11.6 Å². The van der Waals surface area contributed by atoms with Crippen LogP contribution in [0.4, 0.5) is 5.69 Å². The van der Waals surface area contributed by atoms with Crippen LogP contribution in [-0.2, 0) is 0 Å². The second-order valence-electron chi connectivity index (χ2n) is 5.44. The van der Waals surface area contributed by atoms with Crippen LogP contribution in [0.15, 0.2) is 18.2 Å². The molecule has 1 saturated carbocycles. The van der Waals surface area contributed by atoms with Crippen LogP contribution in [0.25, 0.3) is 0 Å². The molecule has 21 heavy (non-hydrogen) atoms. The Labute approximate surface area is 128 Å². The second kappa shape index (κ2) is 7.41. The number of nitrogens with one attached hydrogen (secondary N) is 1. The highest BCUT2D eigenvalue weighted by Gasteiger charge is 2.23. The van der Waals surface area contributed by atoms with E-state index < -0.39 is 10.8 Å². The lowest BCUT2D eigenvalue weighted by Gasteiger charge is -2.09. The molecule has 0 bridgehead atoms. The number of carbonyl (C=O) groups is 1. The zero-order valence-corrected chi connectivity index (χ0v) is 12.6. The van der Waals surface area contributed by atoms with Gasteiger partial charge in [-0.2, -0.15) is 0 Å². The van der Waals surface area contributed by atoms with Gasteiger partial charge in [-0.15, -0.1) is 0 Å². The van der Waals surface area contributed by atoms with Gasteiger partial charge in [-0.25, -0.2) is 0 Å². The molecule has 2 rings (SSSR count). The molecule has 1 N–H and O–H groups in total. The molecule has 0 heterocycles. The highest BCUT2D eigenvalue weighted by atomic mass is 35.5. The molecule has 5 nitrogen and oxygen atoms in total. The summed E-state index contributed by atoms with van der Waals surface area (Å²) >= 11 is 5.79. The van der Waals surface area contributed by atoms with Crippen molar-refractivity contribution in [3.05, 3.63) is 38.9 Å². The van der Waals surface area contributed by atoms with E-state index >= 15 is 0 Å². The quantitative estimate of drug-likeness (QED) is 0.491. The first-order valence-corrected chi connectivity index (χ1v) is 7.68. The number of nitro groups is 1. The van der Waals surface area contributed by atoms with Gasteiger partial charge in [0, 0.05) is 6.54 Å². The third kappa shape index (κ3) is 4.17. The maximum absolute atomic E-state index is 12.0. The Hall–Kier alpha value is -1.62. The Bertz CT molecular complexity index is 528. The van der Waals surface area contributed by atoms with Crippen LogP contribution < -0.4 is 5.32 Å². The Balaban J connectivity index is 1.88. The van der Waals surface area contributed by atoms with Crippen molar-refractivity contribution < 1.29 is 9.72 Å². The Kier molecular flexibility index (Phi) is 5.56. The van der Waals surface area contributed by atoms with E-state index in [2.05, 4.69) is 5.32 Å². The topological polar surface area (TPSA) is 72.2 Å². The monoisotopic (exact) mass is 310 g/mol. The number of rotatable bonds is 6. The van der Waals surface area contributed by atoms with Gasteiger partial charge in [0.15, 0.2) is 0 Å². The van der Waals surface area contributed by atoms with Crippen LogP contribution in [-0.4, -0.2) is 17.4 Å². The van der Waals surface area contributed by atoms with Gasteiger partial charge >= 0.3 is 5.69 Å². The molecule has 0 unspecified atom stereocenters. The van der Waals surface area contributed by atoms with Crippen molar-refractivity contribution in [2.45, 2.75) is 38.5 Å². The summed E-state index contributed by atoms with van der Waals surface area (Å²) in [6.45, 7) is 0.541. The molecule has 0 atom stereocenters. The fourth-order valence-corrected chi connectivity index (χ4v) is 3.11. The number of nitrogens with zero attached hydrogens (tertiary/aromatic N) is 1. The average molecular weight is 311 g/mol. The van der Waals surface area contributed by atoms with E-state index in [0.29, 0.717) is 6.54 Å². The first kappa shape index (κ1) is 15.8. The van der Waals surface area contributed by atoms with E-state index in [-0.39, 0.29) is 16.3 Å². The molecule has 1 aromatic carbocycles. The first-order chi connectivity index (χ1) is 10.1. The molecule has 0 aliphatic heterocycles. The summed E-state index contributed by atoms with van der Waals surface area (Å²) in [7, 11) is 0. The summed E-state index contributed by atoms with van der Waals surface area (Å²) in [5.74, 6) is 0.345. The summed E-state index contributed by atoms with van der Waals surface area (Å²) in [4.78, 5) is 22.4. The van der Waals surface area contributed by atoms with Gasteiger partial charge in [0.25, 0.3) is 5.91 Å². The summed E-state index contributed by atoms with van der Waals surface area (Å²) in [6, 6.07) is 4.38. The van der Waals surface area contributed by atoms with Gasteiger partial charge in [-0.3, -0.25) is 14.9 Å². The first-order valence-electron chi connectivity index (χ1n) is 7.30. The van der Waals surface area contributed by atoms with Crippen molar-refractivity contribution in [1.82, 2.24) is 5.32 Å². The van der Waals surface area contributed by atoms with E-state index in [1.54, 1.807) is 6.07 Å². The number of amides is 1. The van der Waals surface area contributed by atoms with E-state index in [0.717, 1.165) is 18.8 Å². The van der Waals surface area contributed by atoms with Crippen LogP contribution in [0.1, 0.15) is 48.9 Å². The minimum absolute atomic E-state index is 0.0152. The predicted molar refractivity (Wildman–Crippen MR) is 81.6 cm³/mol. The van der Waals surface area contributed by atoms with Crippen LogP contribution in [0.2, 0.25) is 5.02 Å². The van der Waals surface area contributed by atoms with Gasteiger partial charge in [0.1, 0.15) is 10.6 Å². The number of benzene rings is 1. The summed E-state index contributed by atoms with van der Waals surface area (Å²) in [5.41, 5.74) is -0.305. The molecule has 1 amide bonds. The molecule has 0 aromatic heterocycles. The van der Waals surface area contributed by atoms with Crippen molar-refractivity contribution in [1.29, 1.82) is 0 Å². The third-order valence-corrected chi connectivity index (χ3v) is 4.27. The fourth-order valence-electron chi connectivity index (χ4n) is 2.87. The average Bonchev–Trinajstić information content (AvgIpc) is 2.95. The number of hydrogen-bond acceptors (Lipinski definition) is 3. The fraction of sp³-hybridized carbons (Fsp3) is 0.533. The normalized spacial score (nSPS) is 15.1. The molecule has 114 valence electrons. The molecule has 0 radical (unpaired) electrons. The van der Waals surface area contributed by atoms with Gasteiger partial charge in [-0.05, 0) is 30.9 Å². The Morgan fingerprint density at radius 3 is 2.76 bits per heavy atom. The van der Waals surface area contributed by atoms with Gasteiger partial charge in [-0.1, -0.05) is 43.4 Å². The van der Waals surface area contributed by atoms with Crippen molar-refractivity contribution in [2.75, 3.05) is 6.54 Å². The minimum atomic E-state index is -0.615. The van der Waals surface area contributed by atoms with Crippen LogP contribution in [0, 0.1) is 16.0 Å². The Morgan fingerprint density at radius 2 is 2.10 bits per heavy atom. The van der Waals surface area contributed by atoms with Crippen molar-refractivity contribution in [2.24, 2.45) is 5.92 Å². The molecule has 6 heteroatoms. The number of nitro benzene ring substituents is 1. The zero-order chi connectivity index (χ0) is 15.2. The Morgan fingerprint density at radius 1 is 1.38 bits per heavy atom. The van der Waals surface area contributed by atoms with Gasteiger partial charge in [0.2, 0.25) is 0 Å². The molecule has 0 saturated heterocycles. The van der Waals surface area contributed by atoms with Crippen molar-refractivity contribution >= 4 is 23.2 Å². The van der Waals surface area contributed by atoms with E-state index in [1.807, 2.05) is 0 Å². The van der Waals surface area contributed by atoms with Crippen LogP contribution in [0.5, 0.6) is 0 Å². The lowest BCUT2D eigenvalue weighted by molar-refractivity contribution is -0.385.